The summed E-state index contributed by atoms with van der Waals surface area (Å²) < 4.78 is 0. The molecule has 0 bridgehead atoms. The van der Waals surface area contributed by atoms with Crippen molar-refractivity contribution in [2.24, 2.45) is 0 Å². The van der Waals surface area contributed by atoms with Crippen LogP contribution in [0.2, 0.25) is 0 Å². The highest BCUT2D eigenvalue weighted by Crippen LogP contribution is 1.63. The lowest BCUT2D eigenvalue weighted by Crippen LogP contribution is -2.26. The molecule has 0 heterocycles. The zero-order valence-corrected chi connectivity index (χ0v) is 5.05. The molecule has 1 aromatic rings. The predicted octanol–water partition coefficient (Wildman–Crippen LogP) is -1.51. The van der Waals surface area contributed by atoms with E-state index in [9.17, 15) is 9.59 Å². The second-order valence-corrected chi connectivity index (χ2v) is 1.68. The van der Waals surface area contributed by atoms with E-state index in [1.807, 2.05) is 0 Å². The number of benzene rings is 1. The Morgan fingerprint density at radius 3 is 2.40 bits per heavy atom. The van der Waals surface area contributed by atoms with E-state index >= 15 is 0 Å². The van der Waals surface area contributed by atoms with E-state index in [4.69, 9.17) is 0 Å². The zero-order chi connectivity index (χ0) is 7.40. The summed E-state index contributed by atoms with van der Waals surface area (Å²) in [6.07, 6.45) is 0. The standard InChI is InChI=1S/C8H3O2/c9-5-7-3-1-2-4-8(7)6-10/h1,3-4H. The van der Waals surface area contributed by atoms with Crippen molar-refractivity contribution in [3.8, 4) is 0 Å². The largest absolute Gasteiger partial charge is 0.233 e. The molecule has 2 heteroatoms. The van der Waals surface area contributed by atoms with Crippen LogP contribution in [0.1, 0.15) is 0 Å². The predicted molar refractivity (Wildman–Crippen MR) is 34.1 cm³/mol. The first-order valence-corrected chi connectivity index (χ1v) is 2.65. The van der Waals surface area contributed by atoms with Gasteiger partial charge < -0.3 is 0 Å². The Hall–Kier alpha value is -1.62. The number of rotatable bonds is 0. The number of hydrogen-bond donors (Lipinski definition) is 0. The van der Waals surface area contributed by atoms with Gasteiger partial charge in [0.2, 0.25) is 0 Å². The van der Waals surface area contributed by atoms with Crippen molar-refractivity contribution in [3.63, 3.8) is 0 Å². The van der Waals surface area contributed by atoms with Gasteiger partial charge in [0, 0.05) is 0 Å². The summed E-state index contributed by atoms with van der Waals surface area (Å²) in [5.41, 5.74) is 0. The van der Waals surface area contributed by atoms with Crippen molar-refractivity contribution in [3.05, 3.63) is 34.7 Å². The van der Waals surface area contributed by atoms with Crippen molar-refractivity contribution in [1.29, 1.82) is 0 Å². The highest BCUT2D eigenvalue weighted by atomic mass is 16.1. The lowest BCUT2D eigenvalue weighted by molar-refractivity contribution is 0.564. The Kier molecular flexibility index (Phi) is 1.81. The average Bonchev–Trinajstić information content (AvgIpc) is 2.04. The van der Waals surface area contributed by atoms with Gasteiger partial charge in [-0.05, 0) is 18.2 Å². The zero-order valence-electron chi connectivity index (χ0n) is 5.05. The van der Waals surface area contributed by atoms with Crippen molar-refractivity contribution >= 4 is 11.9 Å². The molecule has 0 saturated carbocycles. The molecule has 0 fully saturated rings. The van der Waals surface area contributed by atoms with E-state index in [2.05, 4.69) is 6.07 Å². The van der Waals surface area contributed by atoms with Crippen LogP contribution in [0, 0.1) is 6.07 Å². The Balaban J connectivity index is 3.88. The third-order valence-corrected chi connectivity index (χ3v) is 1.08. The molecule has 0 aliphatic heterocycles. The van der Waals surface area contributed by atoms with Gasteiger partial charge in [-0.15, -0.1) is 0 Å². The fourth-order valence-corrected chi connectivity index (χ4v) is 0.604. The molecule has 47 valence electrons. The molecule has 10 heavy (non-hydrogen) atoms. The van der Waals surface area contributed by atoms with E-state index in [0.717, 1.165) is 0 Å². The van der Waals surface area contributed by atoms with Gasteiger partial charge in [0.15, 0.2) is 0 Å². The molecule has 1 aromatic carbocycles. The number of hydrogen-bond acceptors (Lipinski definition) is 2. The topological polar surface area (TPSA) is 34.1 Å². The number of carbonyl (C=O) groups excluding carboxylic acids is 2. The van der Waals surface area contributed by atoms with Crippen LogP contribution in [0.15, 0.2) is 18.2 Å². The molecule has 1 radical (unpaired) electrons. The maximum absolute atomic E-state index is 10.1. The van der Waals surface area contributed by atoms with Crippen LogP contribution in [0.25, 0.3) is 0 Å². The molecule has 0 unspecified atom stereocenters. The van der Waals surface area contributed by atoms with Gasteiger partial charge in [0.25, 0.3) is 0 Å². The molecule has 0 aliphatic rings. The van der Waals surface area contributed by atoms with E-state index < -0.39 is 0 Å². The smallest absolute Gasteiger partial charge is 0.133 e. The van der Waals surface area contributed by atoms with Crippen LogP contribution in [0.4, 0.5) is 0 Å². The fraction of sp³-hybridized carbons (Fsp3) is 0. The molecule has 0 aliphatic carbocycles. The Morgan fingerprint density at radius 2 is 1.90 bits per heavy atom. The first-order valence-electron chi connectivity index (χ1n) is 2.65. The van der Waals surface area contributed by atoms with Crippen LogP contribution in [-0.4, -0.2) is 11.9 Å². The fourth-order valence-electron chi connectivity index (χ4n) is 0.604. The third-order valence-electron chi connectivity index (χ3n) is 1.08. The highest BCUT2D eigenvalue weighted by Gasteiger charge is 1.81. The minimum Gasteiger partial charge on any atom is -0.233 e. The molecule has 0 N–H and O–H groups in total. The lowest BCUT2D eigenvalue weighted by Gasteiger charge is -1.75. The molecule has 0 amide bonds. The lowest BCUT2D eigenvalue weighted by atomic mass is 10.3. The monoisotopic (exact) mass is 131 g/mol. The normalized spacial score (nSPS) is 8.00. The Bertz CT molecular complexity index is 343. The Labute approximate surface area is 57.1 Å². The summed E-state index contributed by atoms with van der Waals surface area (Å²) in [5, 5.41) is 0.436. The third kappa shape index (κ3) is 1.03. The molecule has 2 nitrogen and oxygen atoms in total. The average molecular weight is 131 g/mol. The molecular weight excluding hydrogens is 128 g/mol. The van der Waals surface area contributed by atoms with Crippen molar-refractivity contribution < 1.29 is 9.59 Å². The molecule has 0 aromatic heterocycles. The maximum atomic E-state index is 10.1. The summed E-state index contributed by atoms with van der Waals surface area (Å²) in [6, 6.07) is 7.05. The SMILES string of the molecule is O=C=c1c[c]ccc1=C=O. The highest BCUT2D eigenvalue weighted by molar-refractivity contribution is 5.53. The summed E-state index contributed by atoms with van der Waals surface area (Å²) in [6.45, 7) is 0. The van der Waals surface area contributed by atoms with E-state index in [0.29, 0.717) is 0 Å². The molecule has 0 saturated heterocycles. The quantitative estimate of drug-likeness (QED) is 0.429. The van der Waals surface area contributed by atoms with Gasteiger partial charge in [-0.2, -0.15) is 0 Å². The minimum absolute atomic E-state index is 0.206. The van der Waals surface area contributed by atoms with E-state index in [1.165, 1.54) is 12.1 Å². The summed E-state index contributed by atoms with van der Waals surface area (Å²) >= 11 is 0. The first kappa shape index (κ1) is 6.50. The first-order chi connectivity index (χ1) is 4.88. The second kappa shape index (κ2) is 2.79. The molecule has 0 spiro atoms. The van der Waals surface area contributed by atoms with Crippen LogP contribution >= 0.6 is 0 Å². The van der Waals surface area contributed by atoms with Crippen molar-refractivity contribution in [2.45, 2.75) is 0 Å². The van der Waals surface area contributed by atoms with Gasteiger partial charge in [-0.3, -0.25) is 0 Å². The Morgan fingerprint density at radius 1 is 1.20 bits per heavy atom. The molecule has 1 rings (SSSR count). The van der Waals surface area contributed by atoms with Gasteiger partial charge in [-0.1, -0.05) is 6.07 Å². The van der Waals surface area contributed by atoms with E-state index in [1.54, 1.807) is 17.9 Å². The summed E-state index contributed by atoms with van der Waals surface area (Å²) in [7, 11) is 0. The van der Waals surface area contributed by atoms with Gasteiger partial charge in [-0.25, -0.2) is 9.59 Å². The van der Waals surface area contributed by atoms with Crippen LogP contribution < -0.4 is 10.4 Å². The van der Waals surface area contributed by atoms with Crippen LogP contribution in [-0.2, 0) is 9.59 Å². The van der Waals surface area contributed by atoms with Crippen molar-refractivity contribution in [1.82, 2.24) is 0 Å². The van der Waals surface area contributed by atoms with Crippen LogP contribution in [0.3, 0.4) is 0 Å². The molecular formula is C8H3O2. The maximum Gasteiger partial charge on any atom is 0.133 e. The van der Waals surface area contributed by atoms with Gasteiger partial charge in [0.05, 0.1) is 10.4 Å². The van der Waals surface area contributed by atoms with Crippen molar-refractivity contribution in [2.75, 3.05) is 0 Å². The molecule has 0 atom stereocenters. The van der Waals surface area contributed by atoms with E-state index in [-0.39, 0.29) is 10.4 Å². The summed E-state index contributed by atoms with van der Waals surface area (Å²) in [5.74, 6) is 3.22. The minimum atomic E-state index is 0.206. The van der Waals surface area contributed by atoms with Gasteiger partial charge in [0.1, 0.15) is 11.9 Å². The van der Waals surface area contributed by atoms with Gasteiger partial charge >= 0.3 is 0 Å². The summed E-state index contributed by atoms with van der Waals surface area (Å²) in [4.78, 5) is 20.1. The van der Waals surface area contributed by atoms with Crippen LogP contribution in [0.5, 0.6) is 0 Å². The second-order valence-electron chi connectivity index (χ2n) is 1.68.